The van der Waals surface area contributed by atoms with Crippen molar-refractivity contribution < 1.29 is 9.13 Å². The van der Waals surface area contributed by atoms with E-state index in [0.717, 1.165) is 17.8 Å². The van der Waals surface area contributed by atoms with E-state index >= 15 is 0 Å². The Bertz CT molecular complexity index is 539. The van der Waals surface area contributed by atoms with Crippen LogP contribution in [0.15, 0.2) is 30.5 Å². The van der Waals surface area contributed by atoms with Crippen molar-refractivity contribution in [3.63, 3.8) is 0 Å². The molecule has 0 bridgehead atoms. The maximum absolute atomic E-state index is 13.8. The quantitative estimate of drug-likeness (QED) is 0.868. The Hall–Kier alpha value is -1.88. The Morgan fingerprint density at radius 2 is 2.21 bits per heavy atom. The summed E-state index contributed by atoms with van der Waals surface area (Å²) in [4.78, 5) is 0. The second kappa shape index (κ2) is 6.33. The highest BCUT2D eigenvalue weighted by Gasteiger charge is 2.06. The number of nitrogens with zero attached hydrogens (tertiary/aromatic N) is 2. The molecule has 1 aromatic heterocycles. The number of rotatable bonds is 6. The van der Waals surface area contributed by atoms with Gasteiger partial charge in [-0.2, -0.15) is 5.10 Å². The first-order valence-corrected chi connectivity index (χ1v) is 6.29. The fraction of sp³-hybridized carbons (Fsp3) is 0.357. The van der Waals surface area contributed by atoms with Gasteiger partial charge >= 0.3 is 0 Å². The second-order valence-electron chi connectivity index (χ2n) is 4.31. The Labute approximate surface area is 112 Å². The van der Waals surface area contributed by atoms with Crippen molar-refractivity contribution in [1.82, 2.24) is 15.1 Å². The van der Waals surface area contributed by atoms with Gasteiger partial charge in [0.2, 0.25) is 0 Å². The van der Waals surface area contributed by atoms with Gasteiger partial charge in [0.25, 0.3) is 0 Å². The number of nitrogens with one attached hydrogen (secondary N) is 1. The summed E-state index contributed by atoms with van der Waals surface area (Å²) in [6.45, 7) is 3.80. The molecule has 0 aliphatic carbocycles. The van der Waals surface area contributed by atoms with Crippen LogP contribution >= 0.6 is 0 Å². The van der Waals surface area contributed by atoms with Gasteiger partial charge in [-0.05, 0) is 30.3 Å². The number of aromatic nitrogens is 2. The molecule has 0 aliphatic rings. The van der Waals surface area contributed by atoms with Crippen molar-refractivity contribution in [2.24, 2.45) is 7.05 Å². The van der Waals surface area contributed by atoms with Crippen LogP contribution < -0.4 is 10.1 Å². The summed E-state index contributed by atoms with van der Waals surface area (Å²) in [7, 11) is 1.83. The molecule has 0 fully saturated rings. The van der Waals surface area contributed by atoms with Gasteiger partial charge in [0, 0.05) is 19.8 Å². The molecule has 0 radical (unpaired) electrons. The minimum Gasteiger partial charge on any atom is -0.484 e. The largest absolute Gasteiger partial charge is 0.484 e. The van der Waals surface area contributed by atoms with Gasteiger partial charge in [0.1, 0.15) is 6.61 Å². The lowest BCUT2D eigenvalue weighted by atomic mass is 10.2. The Morgan fingerprint density at radius 3 is 2.84 bits per heavy atom. The number of hydrogen-bond donors (Lipinski definition) is 1. The fourth-order valence-corrected chi connectivity index (χ4v) is 1.73. The van der Waals surface area contributed by atoms with E-state index in [4.69, 9.17) is 4.74 Å². The molecule has 0 saturated carbocycles. The lowest BCUT2D eigenvalue weighted by Gasteiger charge is -2.08. The Balaban J connectivity index is 1.96. The first kappa shape index (κ1) is 13.5. The van der Waals surface area contributed by atoms with Gasteiger partial charge in [0.05, 0.1) is 5.69 Å². The van der Waals surface area contributed by atoms with Crippen LogP contribution in [0.2, 0.25) is 0 Å². The third-order valence-corrected chi connectivity index (χ3v) is 2.72. The molecule has 0 atom stereocenters. The fourth-order valence-electron chi connectivity index (χ4n) is 1.73. The summed E-state index contributed by atoms with van der Waals surface area (Å²) < 4.78 is 20.9. The summed E-state index contributed by atoms with van der Waals surface area (Å²) >= 11 is 0. The highest BCUT2D eigenvalue weighted by Crippen LogP contribution is 2.19. The minimum absolute atomic E-state index is 0.255. The van der Waals surface area contributed by atoms with Crippen LogP contribution in [-0.2, 0) is 20.2 Å². The first-order valence-electron chi connectivity index (χ1n) is 6.29. The molecule has 19 heavy (non-hydrogen) atoms. The van der Waals surface area contributed by atoms with Crippen LogP contribution in [0.5, 0.6) is 5.75 Å². The summed E-state index contributed by atoms with van der Waals surface area (Å²) in [5, 5.41) is 7.32. The number of aryl methyl sites for hydroxylation is 1. The van der Waals surface area contributed by atoms with E-state index in [1.165, 1.54) is 6.07 Å². The molecule has 5 heteroatoms. The lowest BCUT2D eigenvalue weighted by Crippen LogP contribution is -2.11. The monoisotopic (exact) mass is 263 g/mol. The maximum atomic E-state index is 13.8. The molecule has 4 nitrogen and oxygen atoms in total. The predicted octanol–water partition coefficient (Wildman–Crippen LogP) is 2.25. The Morgan fingerprint density at radius 1 is 1.37 bits per heavy atom. The van der Waals surface area contributed by atoms with Crippen molar-refractivity contribution in [2.75, 3.05) is 6.54 Å². The standard InChI is InChI=1S/C14H18FN3O/c1-3-16-9-11-4-5-14(13(15)8-11)19-10-12-6-7-18(2)17-12/h4-8,16H,3,9-10H2,1-2H3. The molecule has 1 heterocycles. The van der Waals surface area contributed by atoms with Crippen LogP contribution in [0.4, 0.5) is 4.39 Å². The van der Waals surface area contributed by atoms with E-state index in [9.17, 15) is 4.39 Å². The zero-order chi connectivity index (χ0) is 13.7. The molecular weight excluding hydrogens is 245 g/mol. The summed E-state index contributed by atoms with van der Waals surface area (Å²) in [6, 6.07) is 6.86. The van der Waals surface area contributed by atoms with Gasteiger partial charge in [-0.1, -0.05) is 13.0 Å². The molecule has 0 saturated heterocycles. The van der Waals surface area contributed by atoms with Gasteiger partial charge < -0.3 is 10.1 Å². The number of halogens is 1. The molecule has 2 rings (SSSR count). The van der Waals surface area contributed by atoms with E-state index in [-0.39, 0.29) is 18.2 Å². The van der Waals surface area contributed by atoms with Gasteiger partial charge in [-0.15, -0.1) is 0 Å². The van der Waals surface area contributed by atoms with Gasteiger partial charge in [-0.3, -0.25) is 4.68 Å². The molecule has 0 spiro atoms. The van der Waals surface area contributed by atoms with E-state index < -0.39 is 0 Å². The van der Waals surface area contributed by atoms with E-state index in [0.29, 0.717) is 6.54 Å². The second-order valence-corrected chi connectivity index (χ2v) is 4.31. The minimum atomic E-state index is -0.341. The van der Waals surface area contributed by atoms with Crippen LogP contribution in [-0.4, -0.2) is 16.3 Å². The summed E-state index contributed by atoms with van der Waals surface area (Å²) in [5.74, 6) is -0.0859. The van der Waals surface area contributed by atoms with Crippen molar-refractivity contribution in [1.29, 1.82) is 0 Å². The molecule has 1 aromatic carbocycles. The third-order valence-electron chi connectivity index (χ3n) is 2.72. The predicted molar refractivity (Wildman–Crippen MR) is 71.3 cm³/mol. The van der Waals surface area contributed by atoms with Crippen molar-refractivity contribution in [3.8, 4) is 5.75 Å². The topological polar surface area (TPSA) is 39.1 Å². The molecular formula is C14H18FN3O. The summed E-state index contributed by atoms with van der Waals surface area (Å²) in [5.41, 5.74) is 1.68. The lowest BCUT2D eigenvalue weighted by molar-refractivity contribution is 0.284. The first-order chi connectivity index (χ1) is 9.19. The van der Waals surface area contributed by atoms with Crippen LogP contribution in [0.3, 0.4) is 0 Å². The molecule has 102 valence electrons. The van der Waals surface area contributed by atoms with Crippen LogP contribution in [0.25, 0.3) is 0 Å². The molecule has 0 amide bonds. The number of benzene rings is 1. The number of ether oxygens (including phenoxy) is 1. The van der Waals surface area contributed by atoms with Crippen molar-refractivity contribution in [3.05, 3.63) is 47.5 Å². The smallest absolute Gasteiger partial charge is 0.165 e. The SMILES string of the molecule is CCNCc1ccc(OCc2ccn(C)n2)c(F)c1. The normalized spacial score (nSPS) is 10.7. The molecule has 2 aromatic rings. The number of hydrogen-bond acceptors (Lipinski definition) is 3. The zero-order valence-corrected chi connectivity index (χ0v) is 11.2. The van der Waals surface area contributed by atoms with Crippen LogP contribution in [0, 0.1) is 5.82 Å². The average Bonchev–Trinajstić information content (AvgIpc) is 2.81. The Kier molecular flexibility index (Phi) is 4.52. The van der Waals surface area contributed by atoms with Gasteiger partial charge in [-0.25, -0.2) is 4.39 Å². The maximum Gasteiger partial charge on any atom is 0.165 e. The highest BCUT2D eigenvalue weighted by atomic mass is 19.1. The van der Waals surface area contributed by atoms with E-state index in [1.807, 2.05) is 32.3 Å². The average molecular weight is 263 g/mol. The summed E-state index contributed by atoms with van der Waals surface area (Å²) in [6.07, 6.45) is 1.83. The molecule has 0 aliphatic heterocycles. The molecule has 1 N–H and O–H groups in total. The van der Waals surface area contributed by atoms with Crippen molar-refractivity contribution >= 4 is 0 Å². The van der Waals surface area contributed by atoms with Crippen LogP contribution in [0.1, 0.15) is 18.2 Å². The molecule has 0 unspecified atom stereocenters. The van der Waals surface area contributed by atoms with E-state index in [2.05, 4.69) is 10.4 Å². The third kappa shape index (κ3) is 3.79. The van der Waals surface area contributed by atoms with Crippen molar-refractivity contribution in [2.45, 2.75) is 20.1 Å². The van der Waals surface area contributed by atoms with E-state index in [1.54, 1.807) is 10.7 Å². The zero-order valence-electron chi connectivity index (χ0n) is 11.2. The van der Waals surface area contributed by atoms with Gasteiger partial charge in [0.15, 0.2) is 11.6 Å². The highest BCUT2D eigenvalue weighted by molar-refractivity contribution is 5.29.